The zero-order valence-corrected chi connectivity index (χ0v) is 17.8. The molecule has 0 unspecified atom stereocenters. The molecule has 0 spiro atoms. The van der Waals surface area contributed by atoms with Crippen molar-refractivity contribution >= 4 is 15.9 Å². The topological polar surface area (TPSA) is 75.5 Å². The Labute approximate surface area is 162 Å². The molecule has 2 saturated heterocycles. The monoisotopic (exact) mass is 396 g/mol. The predicted molar refractivity (Wildman–Crippen MR) is 104 cm³/mol. The molecule has 152 valence electrons. The Hall–Kier alpha value is -1.41. The third kappa shape index (κ3) is 3.92. The summed E-state index contributed by atoms with van der Waals surface area (Å²) in [5.74, 6) is 0.0159. The molecule has 0 saturated carbocycles. The summed E-state index contributed by atoms with van der Waals surface area (Å²) in [5, 5.41) is 4.42. The molecule has 3 heterocycles. The molecule has 8 heteroatoms. The number of likely N-dealkylation sites (tertiary alicyclic amines) is 1. The summed E-state index contributed by atoms with van der Waals surface area (Å²) in [6, 6.07) is 0.435. The van der Waals surface area contributed by atoms with Crippen molar-refractivity contribution in [1.29, 1.82) is 0 Å². The van der Waals surface area contributed by atoms with E-state index in [4.69, 9.17) is 0 Å². The molecule has 1 aromatic heterocycles. The lowest BCUT2D eigenvalue weighted by Gasteiger charge is -2.39. The van der Waals surface area contributed by atoms with Gasteiger partial charge in [-0.25, -0.2) is 8.42 Å². The molecule has 0 aromatic carbocycles. The third-order valence-corrected chi connectivity index (χ3v) is 8.15. The van der Waals surface area contributed by atoms with Gasteiger partial charge in [-0.1, -0.05) is 6.42 Å². The molecule has 27 heavy (non-hydrogen) atoms. The van der Waals surface area contributed by atoms with E-state index in [0.29, 0.717) is 24.5 Å². The molecular weight excluding hydrogens is 364 g/mol. The second-order valence-corrected chi connectivity index (χ2v) is 9.93. The number of rotatable bonds is 4. The number of aryl methyl sites for hydroxylation is 1. The number of hydrogen-bond acceptors (Lipinski definition) is 4. The largest absolute Gasteiger partial charge is 0.336 e. The molecule has 0 bridgehead atoms. The number of nitrogens with zero attached hydrogens (tertiary/aromatic N) is 4. The maximum atomic E-state index is 13.1. The minimum atomic E-state index is -3.56. The van der Waals surface area contributed by atoms with Crippen molar-refractivity contribution in [3.8, 4) is 0 Å². The van der Waals surface area contributed by atoms with Gasteiger partial charge in [0, 0.05) is 25.2 Å². The maximum Gasteiger partial charge on any atom is 0.246 e. The van der Waals surface area contributed by atoms with Crippen LogP contribution in [-0.2, 0) is 21.4 Å². The second kappa shape index (κ2) is 7.91. The number of sulfonamides is 1. The SMILES string of the molecule is Cc1nn(CC(=O)N2[C@H](C)CCC[C@@H]2C)c(C)c1S(=O)(=O)N1CCCCC1. The number of carbonyl (C=O) groups is 1. The predicted octanol–water partition coefficient (Wildman–Crippen LogP) is 2.46. The summed E-state index contributed by atoms with van der Waals surface area (Å²) in [7, 11) is -3.56. The van der Waals surface area contributed by atoms with Gasteiger partial charge in [-0.15, -0.1) is 0 Å². The van der Waals surface area contributed by atoms with Gasteiger partial charge in [-0.05, 0) is 59.8 Å². The van der Waals surface area contributed by atoms with Gasteiger partial charge in [0.25, 0.3) is 0 Å². The van der Waals surface area contributed by atoms with Gasteiger partial charge in [-0.3, -0.25) is 9.48 Å². The van der Waals surface area contributed by atoms with Crippen molar-refractivity contribution in [2.45, 2.75) is 89.7 Å². The van der Waals surface area contributed by atoms with Gasteiger partial charge in [-0.2, -0.15) is 9.40 Å². The van der Waals surface area contributed by atoms with Crippen molar-refractivity contribution in [2.75, 3.05) is 13.1 Å². The van der Waals surface area contributed by atoms with Crippen molar-refractivity contribution in [2.24, 2.45) is 0 Å². The van der Waals surface area contributed by atoms with Crippen LogP contribution < -0.4 is 0 Å². The van der Waals surface area contributed by atoms with Crippen LogP contribution in [0.2, 0.25) is 0 Å². The summed E-state index contributed by atoms with van der Waals surface area (Å²) >= 11 is 0. The first-order valence-corrected chi connectivity index (χ1v) is 11.5. The number of amides is 1. The Balaban J connectivity index is 1.84. The van der Waals surface area contributed by atoms with Crippen LogP contribution in [0.25, 0.3) is 0 Å². The van der Waals surface area contributed by atoms with Gasteiger partial charge in [0.1, 0.15) is 11.4 Å². The van der Waals surface area contributed by atoms with Crippen molar-refractivity contribution in [3.63, 3.8) is 0 Å². The average molecular weight is 397 g/mol. The van der Waals surface area contributed by atoms with Crippen molar-refractivity contribution in [3.05, 3.63) is 11.4 Å². The third-order valence-electron chi connectivity index (χ3n) is 5.99. The molecule has 2 aliphatic rings. The molecule has 1 amide bonds. The van der Waals surface area contributed by atoms with Crippen molar-refractivity contribution in [1.82, 2.24) is 19.0 Å². The Morgan fingerprint density at radius 1 is 1.04 bits per heavy atom. The summed E-state index contributed by atoms with van der Waals surface area (Å²) in [6.45, 7) is 8.87. The van der Waals surface area contributed by atoms with E-state index in [9.17, 15) is 13.2 Å². The van der Waals surface area contributed by atoms with Gasteiger partial charge < -0.3 is 4.90 Å². The summed E-state index contributed by atoms with van der Waals surface area (Å²) < 4.78 is 29.4. The van der Waals surface area contributed by atoms with Gasteiger partial charge in [0.15, 0.2) is 0 Å². The van der Waals surface area contributed by atoms with Crippen LogP contribution in [0.1, 0.15) is 63.8 Å². The van der Waals surface area contributed by atoms with Crippen LogP contribution in [0.3, 0.4) is 0 Å². The molecule has 0 aliphatic carbocycles. The molecule has 3 rings (SSSR count). The normalized spacial score (nSPS) is 25.0. The molecule has 2 atom stereocenters. The number of aromatic nitrogens is 2. The number of carbonyl (C=O) groups excluding carboxylic acids is 1. The summed E-state index contributed by atoms with van der Waals surface area (Å²) in [6.07, 6.45) is 6.04. The van der Waals surface area contributed by atoms with Gasteiger partial charge in [0.05, 0.1) is 11.4 Å². The minimum absolute atomic E-state index is 0.0159. The first kappa shape index (κ1) is 20.3. The van der Waals surface area contributed by atoms with Crippen LogP contribution in [0.5, 0.6) is 0 Å². The lowest BCUT2D eigenvalue weighted by atomic mass is 9.97. The fourth-order valence-electron chi connectivity index (χ4n) is 4.56. The van der Waals surface area contributed by atoms with E-state index < -0.39 is 10.0 Å². The standard InChI is InChI=1S/C19H32N4O3S/c1-14-9-8-10-15(2)23(14)18(24)13-22-17(4)19(16(3)20-22)27(25,26)21-11-6-5-7-12-21/h14-15H,5-13H2,1-4H3/t14-,15+. The Kier molecular flexibility index (Phi) is 5.96. The highest BCUT2D eigenvalue weighted by molar-refractivity contribution is 7.89. The van der Waals surface area contributed by atoms with Crippen molar-refractivity contribution < 1.29 is 13.2 Å². The minimum Gasteiger partial charge on any atom is -0.336 e. The Morgan fingerprint density at radius 2 is 1.63 bits per heavy atom. The summed E-state index contributed by atoms with van der Waals surface area (Å²) in [4.78, 5) is 15.1. The van der Waals surface area contributed by atoms with E-state index in [1.54, 1.807) is 22.8 Å². The molecule has 1 aromatic rings. The summed E-state index contributed by atoms with van der Waals surface area (Å²) in [5.41, 5.74) is 1.04. The van der Waals surface area contributed by atoms with E-state index in [0.717, 1.165) is 38.5 Å². The highest BCUT2D eigenvalue weighted by Crippen LogP contribution is 2.27. The van der Waals surface area contributed by atoms with Crippen LogP contribution >= 0.6 is 0 Å². The zero-order valence-electron chi connectivity index (χ0n) is 16.9. The van der Waals surface area contributed by atoms with E-state index in [2.05, 4.69) is 18.9 Å². The zero-order chi connectivity index (χ0) is 19.8. The maximum absolute atomic E-state index is 13.1. The van der Waals surface area contributed by atoms with Crippen LogP contribution in [0.15, 0.2) is 4.90 Å². The lowest BCUT2D eigenvalue weighted by Crippen LogP contribution is -2.48. The fraction of sp³-hybridized carbons (Fsp3) is 0.789. The molecular formula is C19H32N4O3S. The molecule has 0 radical (unpaired) electrons. The lowest BCUT2D eigenvalue weighted by molar-refractivity contribution is -0.138. The van der Waals surface area contributed by atoms with Gasteiger partial charge >= 0.3 is 0 Å². The van der Waals surface area contributed by atoms with E-state index in [1.165, 1.54) is 0 Å². The van der Waals surface area contributed by atoms with E-state index in [1.807, 2.05) is 4.90 Å². The molecule has 2 aliphatic heterocycles. The Morgan fingerprint density at radius 3 is 2.22 bits per heavy atom. The van der Waals surface area contributed by atoms with Crippen LogP contribution in [-0.4, -0.2) is 58.5 Å². The Bertz CT molecular complexity index is 786. The molecule has 2 fully saturated rings. The number of piperidine rings is 2. The smallest absolute Gasteiger partial charge is 0.246 e. The van der Waals surface area contributed by atoms with E-state index in [-0.39, 0.29) is 29.4 Å². The van der Waals surface area contributed by atoms with E-state index >= 15 is 0 Å². The highest BCUT2D eigenvalue weighted by Gasteiger charge is 2.33. The average Bonchev–Trinajstić information content (AvgIpc) is 2.89. The first-order valence-electron chi connectivity index (χ1n) is 10.1. The highest BCUT2D eigenvalue weighted by atomic mass is 32.2. The van der Waals surface area contributed by atoms with Gasteiger partial charge in [0.2, 0.25) is 15.9 Å². The number of hydrogen-bond donors (Lipinski definition) is 0. The fourth-order valence-corrected chi connectivity index (χ4v) is 6.45. The van der Waals surface area contributed by atoms with Crippen LogP contribution in [0, 0.1) is 13.8 Å². The van der Waals surface area contributed by atoms with Crippen LogP contribution in [0.4, 0.5) is 0 Å². The first-order chi connectivity index (χ1) is 12.7. The quantitative estimate of drug-likeness (QED) is 0.783. The second-order valence-electron chi connectivity index (χ2n) is 8.05. The molecule has 7 nitrogen and oxygen atoms in total. The molecule has 0 N–H and O–H groups in total.